The molecule has 1 unspecified atom stereocenters. The number of carbonyl (C=O) groups is 2. The zero-order valence-electron chi connectivity index (χ0n) is 14.2. The smallest absolute Gasteiger partial charge is 0.241 e. The molecule has 24 heavy (non-hydrogen) atoms. The molecular formula is C17H26N4O3. The van der Waals surface area contributed by atoms with Gasteiger partial charge in [0.15, 0.2) is 0 Å². The molecule has 132 valence electrons. The highest BCUT2D eigenvalue weighted by Crippen LogP contribution is 2.19. The van der Waals surface area contributed by atoms with Crippen LogP contribution < -0.4 is 16.4 Å². The van der Waals surface area contributed by atoms with Gasteiger partial charge < -0.3 is 26.0 Å². The first-order valence-electron chi connectivity index (χ1n) is 8.14. The number of nitrogens with one attached hydrogen (secondary N) is 2. The fraction of sp³-hybridized carbons (Fsp3) is 0.529. The molecule has 1 atom stereocenters. The second-order valence-electron chi connectivity index (χ2n) is 6.33. The minimum atomic E-state index is -0.534. The van der Waals surface area contributed by atoms with E-state index >= 15 is 0 Å². The molecule has 4 N–H and O–H groups in total. The fourth-order valence-electron chi connectivity index (χ4n) is 2.64. The van der Waals surface area contributed by atoms with Crippen molar-refractivity contribution in [3.05, 3.63) is 24.3 Å². The third-order valence-electron chi connectivity index (χ3n) is 3.97. The Morgan fingerprint density at radius 2 is 1.71 bits per heavy atom. The lowest BCUT2D eigenvalue weighted by atomic mass is 9.92. The van der Waals surface area contributed by atoms with Crippen LogP contribution >= 0.6 is 0 Å². The third-order valence-corrected chi connectivity index (χ3v) is 3.97. The van der Waals surface area contributed by atoms with E-state index in [2.05, 4.69) is 10.6 Å². The topological polar surface area (TPSA) is 96.7 Å². The van der Waals surface area contributed by atoms with Gasteiger partial charge in [-0.1, -0.05) is 0 Å². The molecule has 1 heterocycles. The summed E-state index contributed by atoms with van der Waals surface area (Å²) in [5, 5.41) is 5.62. The minimum absolute atomic E-state index is 0.0849. The van der Waals surface area contributed by atoms with Gasteiger partial charge in [-0.3, -0.25) is 9.59 Å². The van der Waals surface area contributed by atoms with Gasteiger partial charge in [0, 0.05) is 24.6 Å². The number of anilines is 2. The summed E-state index contributed by atoms with van der Waals surface area (Å²) < 4.78 is 5.29. The molecule has 0 aliphatic carbocycles. The Morgan fingerprint density at radius 1 is 1.17 bits per heavy atom. The predicted octanol–water partition coefficient (Wildman–Crippen LogP) is 0.879. The van der Waals surface area contributed by atoms with Gasteiger partial charge >= 0.3 is 0 Å². The summed E-state index contributed by atoms with van der Waals surface area (Å²) >= 11 is 0. The normalized spacial score (nSPS) is 16.7. The number of carbonyl (C=O) groups excluding carboxylic acids is 2. The predicted molar refractivity (Wildman–Crippen MR) is 93.8 cm³/mol. The third kappa shape index (κ3) is 5.59. The largest absolute Gasteiger partial charge is 0.381 e. The van der Waals surface area contributed by atoms with Crippen molar-refractivity contribution in [2.24, 2.45) is 11.7 Å². The Balaban J connectivity index is 1.86. The Morgan fingerprint density at radius 3 is 2.25 bits per heavy atom. The molecule has 7 nitrogen and oxygen atoms in total. The van der Waals surface area contributed by atoms with Crippen LogP contribution in [0.25, 0.3) is 0 Å². The molecule has 0 bridgehead atoms. The summed E-state index contributed by atoms with van der Waals surface area (Å²) in [4.78, 5) is 25.7. The lowest BCUT2D eigenvalue weighted by Crippen LogP contribution is -2.43. The Hall–Kier alpha value is -1.96. The molecule has 1 saturated heterocycles. The first-order valence-corrected chi connectivity index (χ1v) is 8.14. The van der Waals surface area contributed by atoms with Crippen LogP contribution in [0.1, 0.15) is 12.8 Å². The molecular weight excluding hydrogens is 308 g/mol. The number of nitrogens with two attached hydrogens (primary N) is 1. The molecule has 2 amide bonds. The number of hydrogen-bond acceptors (Lipinski definition) is 5. The van der Waals surface area contributed by atoms with Crippen LogP contribution in [0.3, 0.4) is 0 Å². The van der Waals surface area contributed by atoms with Gasteiger partial charge in [-0.2, -0.15) is 0 Å². The molecule has 0 radical (unpaired) electrons. The Bertz CT molecular complexity index is 553. The van der Waals surface area contributed by atoms with Crippen molar-refractivity contribution in [3.8, 4) is 0 Å². The van der Waals surface area contributed by atoms with Gasteiger partial charge in [-0.15, -0.1) is 0 Å². The van der Waals surface area contributed by atoms with Crippen molar-refractivity contribution in [3.63, 3.8) is 0 Å². The summed E-state index contributed by atoms with van der Waals surface area (Å²) in [7, 11) is 3.67. The van der Waals surface area contributed by atoms with Gasteiger partial charge in [-0.05, 0) is 57.1 Å². The summed E-state index contributed by atoms with van der Waals surface area (Å²) in [6.45, 7) is 1.64. The SMILES string of the molecule is CN(C)CC(=O)Nc1ccc(NC(=O)C(N)C2CCOCC2)cc1. The average molecular weight is 334 g/mol. The van der Waals surface area contributed by atoms with Crippen LogP contribution in [-0.4, -0.2) is 56.6 Å². The van der Waals surface area contributed by atoms with Crippen molar-refractivity contribution >= 4 is 23.2 Å². The summed E-state index contributed by atoms with van der Waals surface area (Å²) in [5.74, 6) is -0.118. The van der Waals surface area contributed by atoms with E-state index in [0.717, 1.165) is 12.8 Å². The molecule has 2 rings (SSSR count). The quantitative estimate of drug-likeness (QED) is 0.717. The van der Waals surface area contributed by atoms with Gasteiger partial charge in [0.2, 0.25) is 11.8 Å². The van der Waals surface area contributed by atoms with E-state index < -0.39 is 6.04 Å². The van der Waals surface area contributed by atoms with E-state index in [1.165, 1.54) is 0 Å². The van der Waals surface area contributed by atoms with Crippen molar-refractivity contribution in [1.29, 1.82) is 0 Å². The van der Waals surface area contributed by atoms with Crippen LogP contribution in [0.2, 0.25) is 0 Å². The average Bonchev–Trinajstić information content (AvgIpc) is 2.56. The van der Waals surface area contributed by atoms with E-state index in [0.29, 0.717) is 31.1 Å². The molecule has 7 heteroatoms. The van der Waals surface area contributed by atoms with E-state index in [1.807, 2.05) is 14.1 Å². The van der Waals surface area contributed by atoms with E-state index in [1.54, 1.807) is 29.2 Å². The maximum absolute atomic E-state index is 12.2. The number of rotatable bonds is 6. The van der Waals surface area contributed by atoms with E-state index in [4.69, 9.17) is 10.5 Å². The lowest BCUT2D eigenvalue weighted by Gasteiger charge is -2.26. The van der Waals surface area contributed by atoms with Crippen LogP contribution in [0.4, 0.5) is 11.4 Å². The first kappa shape index (κ1) is 18.4. The standard InChI is InChI=1S/C17H26N4O3/c1-21(2)11-15(22)19-13-3-5-14(6-4-13)20-17(23)16(18)12-7-9-24-10-8-12/h3-6,12,16H,7-11,18H2,1-2H3,(H,19,22)(H,20,23). The van der Waals surface area contributed by atoms with Crippen molar-refractivity contribution in [1.82, 2.24) is 4.90 Å². The molecule has 1 aliphatic rings. The van der Waals surface area contributed by atoms with E-state index in [9.17, 15) is 9.59 Å². The molecule has 0 aromatic heterocycles. The second-order valence-corrected chi connectivity index (χ2v) is 6.33. The van der Waals surface area contributed by atoms with Crippen molar-refractivity contribution in [2.45, 2.75) is 18.9 Å². The van der Waals surface area contributed by atoms with Crippen LogP contribution in [0, 0.1) is 5.92 Å². The first-order chi connectivity index (χ1) is 11.5. The molecule has 0 spiro atoms. The van der Waals surface area contributed by atoms with Crippen molar-refractivity contribution in [2.75, 3.05) is 44.5 Å². The van der Waals surface area contributed by atoms with Crippen LogP contribution in [0.15, 0.2) is 24.3 Å². The molecule has 1 aromatic carbocycles. The number of hydrogen-bond donors (Lipinski definition) is 3. The summed E-state index contributed by atoms with van der Waals surface area (Å²) in [6.07, 6.45) is 1.62. The number of likely N-dealkylation sites (N-methyl/N-ethyl adjacent to an activating group) is 1. The van der Waals surface area contributed by atoms with Gasteiger partial charge in [-0.25, -0.2) is 0 Å². The number of amides is 2. The number of ether oxygens (including phenoxy) is 1. The summed E-state index contributed by atoms with van der Waals surface area (Å²) in [6, 6.07) is 6.47. The number of nitrogens with zero attached hydrogens (tertiary/aromatic N) is 1. The fourth-order valence-corrected chi connectivity index (χ4v) is 2.64. The Labute approximate surface area is 142 Å². The Kier molecular flexibility index (Phi) is 6.72. The van der Waals surface area contributed by atoms with Gasteiger partial charge in [0.05, 0.1) is 12.6 Å². The van der Waals surface area contributed by atoms with Crippen LogP contribution in [-0.2, 0) is 14.3 Å². The van der Waals surface area contributed by atoms with E-state index in [-0.39, 0.29) is 17.7 Å². The molecule has 1 fully saturated rings. The molecule has 0 saturated carbocycles. The zero-order chi connectivity index (χ0) is 17.5. The summed E-state index contributed by atoms with van der Waals surface area (Å²) in [5.41, 5.74) is 7.40. The number of benzene rings is 1. The molecule has 1 aliphatic heterocycles. The maximum atomic E-state index is 12.2. The maximum Gasteiger partial charge on any atom is 0.241 e. The van der Waals surface area contributed by atoms with Crippen LogP contribution in [0.5, 0.6) is 0 Å². The highest BCUT2D eigenvalue weighted by molar-refractivity contribution is 5.96. The van der Waals surface area contributed by atoms with Gasteiger partial charge in [0.25, 0.3) is 0 Å². The highest BCUT2D eigenvalue weighted by Gasteiger charge is 2.26. The second kappa shape index (κ2) is 8.77. The highest BCUT2D eigenvalue weighted by atomic mass is 16.5. The lowest BCUT2D eigenvalue weighted by molar-refractivity contribution is -0.119. The van der Waals surface area contributed by atoms with Crippen molar-refractivity contribution < 1.29 is 14.3 Å². The zero-order valence-corrected chi connectivity index (χ0v) is 14.2. The monoisotopic (exact) mass is 334 g/mol. The molecule has 1 aromatic rings. The van der Waals surface area contributed by atoms with Gasteiger partial charge in [0.1, 0.15) is 0 Å². The minimum Gasteiger partial charge on any atom is -0.381 e.